The number of hydrogen-bond acceptors (Lipinski definition) is 8. The molecule has 3 N–H and O–H groups in total. The van der Waals surface area contributed by atoms with Gasteiger partial charge in [0, 0.05) is 47.5 Å². The van der Waals surface area contributed by atoms with E-state index in [0.29, 0.717) is 58.4 Å². The van der Waals surface area contributed by atoms with Crippen LogP contribution in [0.3, 0.4) is 0 Å². The molecular formula is C28H29Cl2F2N5O4. The molecule has 3 heterocycles. The van der Waals surface area contributed by atoms with Crippen molar-refractivity contribution in [1.82, 2.24) is 15.3 Å². The third-order valence-corrected chi connectivity index (χ3v) is 7.97. The van der Waals surface area contributed by atoms with Crippen molar-refractivity contribution in [3.8, 4) is 22.8 Å². The maximum atomic E-state index is 14.1. The minimum absolute atomic E-state index is 0.207. The van der Waals surface area contributed by atoms with Crippen LogP contribution >= 0.6 is 23.2 Å². The van der Waals surface area contributed by atoms with Crippen molar-refractivity contribution in [2.75, 3.05) is 38.1 Å². The summed E-state index contributed by atoms with van der Waals surface area (Å²) in [6.07, 6.45) is 2.61. The third-order valence-electron chi connectivity index (χ3n) is 7.22. The van der Waals surface area contributed by atoms with E-state index < -0.39 is 12.0 Å². The minimum Gasteiger partial charge on any atom is -0.495 e. The van der Waals surface area contributed by atoms with Gasteiger partial charge in [-0.3, -0.25) is 4.79 Å². The van der Waals surface area contributed by atoms with Crippen molar-refractivity contribution in [2.45, 2.75) is 43.3 Å². The number of carbonyl (C=O) groups is 1. The Balaban J connectivity index is 1.57. The Kier molecular flexibility index (Phi) is 8.40. The van der Waals surface area contributed by atoms with E-state index in [-0.39, 0.29) is 47.3 Å². The Morgan fingerprint density at radius 1 is 1.12 bits per heavy atom. The number of benzene rings is 1. The molecule has 3 atom stereocenters. The number of nitrogens with zero attached hydrogens (tertiary/aromatic N) is 2. The predicted octanol–water partition coefficient (Wildman–Crippen LogP) is 5.70. The zero-order chi connectivity index (χ0) is 29.3. The molecular weight excluding hydrogens is 579 g/mol. The largest absolute Gasteiger partial charge is 0.495 e. The van der Waals surface area contributed by atoms with E-state index in [0.717, 1.165) is 0 Å². The fraction of sp³-hybridized carbons (Fsp3) is 0.393. The van der Waals surface area contributed by atoms with E-state index in [1.54, 1.807) is 24.4 Å². The highest BCUT2D eigenvalue weighted by atomic mass is 35.5. The molecule has 1 saturated carbocycles. The second kappa shape index (κ2) is 11.8. The fourth-order valence-corrected chi connectivity index (χ4v) is 5.81. The molecule has 3 aromatic rings. The highest BCUT2D eigenvalue weighted by Crippen LogP contribution is 2.46. The minimum atomic E-state index is -2.75. The molecule has 5 rings (SSSR count). The van der Waals surface area contributed by atoms with Crippen molar-refractivity contribution >= 4 is 51.5 Å². The van der Waals surface area contributed by atoms with Gasteiger partial charge in [-0.15, -0.1) is 0 Å². The molecule has 2 aromatic heterocycles. The number of hydrogen-bond donors (Lipinski definition) is 3. The summed E-state index contributed by atoms with van der Waals surface area (Å²) in [5, 5.41) is 11.1. The normalized spacial score (nSPS) is 21.5. The topological polar surface area (TPSA) is 107 Å². The first-order chi connectivity index (χ1) is 19.6. The number of alkyl halides is 2. The number of nitrogens with one attached hydrogen (secondary N) is 3. The average molecular weight is 608 g/mol. The van der Waals surface area contributed by atoms with Gasteiger partial charge in [-0.05, 0) is 24.6 Å². The van der Waals surface area contributed by atoms with Gasteiger partial charge in [-0.1, -0.05) is 29.8 Å². The molecule has 9 nitrogen and oxygen atoms in total. The number of aromatic nitrogens is 2. The number of ether oxygens (including phenoxy) is 3. The van der Waals surface area contributed by atoms with Crippen LogP contribution in [0.4, 0.5) is 20.4 Å². The Morgan fingerprint density at radius 3 is 2.46 bits per heavy atom. The Morgan fingerprint density at radius 2 is 1.83 bits per heavy atom. The van der Waals surface area contributed by atoms with Crippen LogP contribution in [-0.2, 0) is 9.53 Å². The van der Waals surface area contributed by atoms with Crippen molar-refractivity contribution in [2.24, 2.45) is 0 Å². The second-order valence-electron chi connectivity index (χ2n) is 9.98. The van der Waals surface area contributed by atoms with E-state index in [1.807, 2.05) is 0 Å². The van der Waals surface area contributed by atoms with E-state index in [1.165, 1.54) is 20.3 Å². The molecule has 41 heavy (non-hydrogen) atoms. The number of methoxy groups -OCH3 is 2. The van der Waals surface area contributed by atoms with Gasteiger partial charge in [0.15, 0.2) is 0 Å². The van der Waals surface area contributed by atoms with Crippen molar-refractivity contribution < 1.29 is 27.8 Å². The Bertz CT molecular complexity index is 1460. The molecule has 13 heteroatoms. The van der Waals surface area contributed by atoms with Crippen LogP contribution in [0.15, 0.2) is 37.1 Å². The van der Waals surface area contributed by atoms with E-state index in [9.17, 15) is 13.6 Å². The SMILES string of the molecule is C=CC(=O)N[C@H]1COC[C@H]1Nc1cc2c(NC3CCC(F)(F)C3)nc(-c3c(Cl)c(OC)cc(OC)c3Cl)cc2cn1. The first-order valence-corrected chi connectivity index (χ1v) is 13.7. The van der Waals surface area contributed by atoms with E-state index >= 15 is 0 Å². The summed E-state index contributed by atoms with van der Waals surface area (Å²) in [7, 11) is 2.95. The molecule has 1 aliphatic carbocycles. The third kappa shape index (κ3) is 6.12. The lowest BCUT2D eigenvalue weighted by atomic mass is 10.1. The quantitative estimate of drug-likeness (QED) is 0.266. The van der Waals surface area contributed by atoms with Crippen LogP contribution in [0.25, 0.3) is 22.0 Å². The number of amides is 1. The standard InChI is InChI=1S/C28H29Cl2F2N5O4/c1-4-23(38)36-19-13-41-12-18(19)35-22-8-16-14(11-33-22)7-17(37-27(16)34-15-5-6-28(31,32)10-15)24-25(29)20(39-2)9-21(40-3)26(24)30/h4,7-9,11,15,18-19H,1,5-6,10,12-13H2,2-3H3,(H,33,35)(H,34,37)(H,36,38)/t15?,18-,19+/m1/s1. The Hall–Kier alpha value is -3.41. The highest BCUT2D eigenvalue weighted by molar-refractivity contribution is 6.41. The van der Waals surface area contributed by atoms with Gasteiger partial charge < -0.3 is 30.2 Å². The van der Waals surface area contributed by atoms with Gasteiger partial charge in [-0.25, -0.2) is 18.7 Å². The Labute approximate surface area is 245 Å². The first-order valence-electron chi connectivity index (χ1n) is 12.9. The summed E-state index contributed by atoms with van der Waals surface area (Å²) < 4.78 is 44.5. The van der Waals surface area contributed by atoms with Crippen LogP contribution in [0.1, 0.15) is 19.3 Å². The maximum absolute atomic E-state index is 14.1. The zero-order valence-electron chi connectivity index (χ0n) is 22.4. The molecule has 218 valence electrons. The highest BCUT2D eigenvalue weighted by Gasteiger charge is 2.39. The summed E-state index contributed by atoms with van der Waals surface area (Å²) in [6.45, 7) is 4.18. The number of pyridine rings is 2. The van der Waals surface area contributed by atoms with Crippen LogP contribution in [-0.4, -0.2) is 67.4 Å². The monoisotopic (exact) mass is 607 g/mol. The summed E-state index contributed by atoms with van der Waals surface area (Å²) >= 11 is 13.3. The lowest BCUT2D eigenvalue weighted by molar-refractivity contribution is -0.117. The smallest absolute Gasteiger partial charge is 0.250 e. The van der Waals surface area contributed by atoms with Crippen molar-refractivity contribution in [3.63, 3.8) is 0 Å². The van der Waals surface area contributed by atoms with Crippen molar-refractivity contribution in [3.05, 3.63) is 47.1 Å². The van der Waals surface area contributed by atoms with Crippen LogP contribution in [0.2, 0.25) is 10.0 Å². The molecule has 1 aromatic carbocycles. The molecule has 1 amide bonds. The summed E-state index contributed by atoms with van der Waals surface area (Å²) in [6, 6.07) is 4.09. The molecule has 0 spiro atoms. The number of carbonyl (C=O) groups excluding carboxylic acids is 1. The lowest BCUT2D eigenvalue weighted by Gasteiger charge is -2.21. The van der Waals surface area contributed by atoms with Gasteiger partial charge in [0.2, 0.25) is 11.8 Å². The summed E-state index contributed by atoms with van der Waals surface area (Å²) in [5.74, 6) is -1.51. The molecule has 0 bridgehead atoms. The molecule has 1 aliphatic heterocycles. The molecule has 2 fully saturated rings. The van der Waals surface area contributed by atoms with Gasteiger partial charge in [-0.2, -0.15) is 0 Å². The summed E-state index contributed by atoms with van der Waals surface area (Å²) in [5.41, 5.74) is 0.758. The van der Waals surface area contributed by atoms with Crippen LogP contribution < -0.4 is 25.4 Å². The number of rotatable bonds is 9. The van der Waals surface area contributed by atoms with Gasteiger partial charge in [0.25, 0.3) is 0 Å². The van der Waals surface area contributed by atoms with Crippen molar-refractivity contribution in [1.29, 1.82) is 0 Å². The lowest BCUT2D eigenvalue weighted by Crippen LogP contribution is -2.45. The van der Waals surface area contributed by atoms with Gasteiger partial charge in [0.1, 0.15) is 23.1 Å². The first kappa shape index (κ1) is 29.1. The molecule has 1 unspecified atom stereocenters. The van der Waals surface area contributed by atoms with Gasteiger partial charge >= 0.3 is 0 Å². The number of halogens is 4. The second-order valence-corrected chi connectivity index (χ2v) is 10.7. The summed E-state index contributed by atoms with van der Waals surface area (Å²) in [4.78, 5) is 21.2. The number of anilines is 2. The van der Waals surface area contributed by atoms with Gasteiger partial charge in [0.05, 0.1) is 55.3 Å². The molecule has 1 saturated heterocycles. The maximum Gasteiger partial charge on any atom is 0.250 e. The molecule has 2 aliphatic rings. The fourth-order valence-electron chi connectivity index (χ4n) is 5.11. The predicted molar refractivity (Wildman–Crippen MR) is 155 cm³/mol. The van der Waals surface area contributed by atoms with E-state index in [4.69, 9.17) is 42.4 Å². The van der Waals surface area contributed by atoms with Crippen LogP contribution in [0, 0.1) is 0 Å². The van der Waals surface area contributed by atoms with Crippen LogP contribution in [0.5, 0.6) is 11.5 Å². The molecule has 0 radical (unpaired) electrons. The zero-order valence-corrected chi connectivity index (χ0v) is 23.9. The number of fused-ring (bicyclic) bond motifs is 1. The van der Waals surface area contributed by atoms with E-state index in [2.05, 4.69) is 27.5 Å². The average Bonchev–Trinajstić information content (AvgIpc) is 3.53.